The van der Waals surface area contributed by atoms with E-state index < -0.39 is 10.8 Å². The van der Waals surface area contributed by atoms with Crippen molar-refractivity contribution in [2.75, 3.05) is 23.3 Å². The molecular weight excluding hydrogens is 484 g/mol. The first-order valence-electron chi connectivity index (χ1n) is 11.4. The van der Waals surface area contributed by atoms with Crippen LogP contribution in [0, 0.1) is 16.0 Å². The van der Waals surface area contributed by atoms with Crippen molar-refractivity contribution in [2.24, 2.45) is 5.92 Å². The second kappa shape index (κ2) is 9.64. The van der Waals surface area contributed by atoms with Gasteiger partial charge in [-0.1, -0.05) is 36.7 Å². The topological polar surface area (TPSA) is 88.4 Å². The molecule has 0 saturated carbocycles. The number of anilines is 2. The molecule has 7 nitrogen and oxygen atoms in total. The Kier molecular flexibility index (Phi) is 6.40. The van der Waals surface area contributed by atoms with Crippen LogP contribution >= 0.6 is 22.9 Å². The van der Waals surface area contributed by atoms with Gasteiger partial charge in [0.2, 0.25) is 0 Å². The van der Waals surface area contributed by atoms with Gasteiger partial charge in [-0.2, -0.15) is 0 Å². The molecule has 1 saturated heterocycles. The summed E-state index contributed by atoms with van der Waals surface area (Å²) in [5.41, 5.74) is 2.84. The van der Waals surface area contributed by atoms with Gasteiger partial charge in [-0.05, 0) is 55.2 Å². The molecule has 4 aromatic rings. The van der Waals surface area contributed by atoms with Gasteiger partial charge in [0.1, 0.15) is 10.7 Å². The quantitative estimate of drug-likeness (QED) is 0.232. The summed E-state index contributed by atoms with van der Waals surface area (Å²) < 4.78 is 1.07. The van der Waals surface area contributed by atoms with Gasteiger partial charge >= 0.3 is 0 Å². The number of nitrogens with zero attached hydrogens (tertiary/aromatic N) is 3. The van der Waals surface area contributed by atoms with Gasteiger partial charge in [-0.3, -0.25) is 14.9 Å². The standard InChI is InChI=1S/C26H23ClN4O3S/c1-16-10-12-30(13-11-16)22-9-7-17(15-23(22)31(33)34)25(32)28-21-14-18(6-8-19(21)27)26-29-20-4-2-3-5-24(20)35-26/h2-9,14-16H,10-13H2,1H3,(H,28,32). The summed E-state index contributed by atoms with van der Waals surface area (Å²) >= 11 is 7.92. The maximum absolute atomic E-state index is 13.0. The fourth-order valence-corrected chi connectivity index (χ4v) is 5.40. The van der Waals surface area contributed by atoms with Crippen molar-refractivity contribution < 1.29 is 9.72 Å². The molecule has 0 radical (unpaired) electrons. The van der Waals surface area contributed by atoms with Crippen molar-refractivity contribution in [1.29, 1.82) is 0 Å². The van der Waals surface area contributed by atoms with Crippen LogP contribution in [0.1, 0.15) is 30.1 Å². The van der Waals surface area contributed by atoms with Crippen LogP contribution in [0.5, 0.6) is 0 Å². The van der Waals surface area contributed by atoms with E-state index >= 15 is 0 Å². The van der Waals surface area contributed by atoms with Gasteiger partial charge in [-0.15, -0.1) is 11.3 Å². The first-order chi connectivity index (χ1) is 16.9. The number of rotatable bonds is 5. The highest BCUT2D eigenvalue weighted by Crippen LogP contribution is 2.35. The highest BCUT2D eigenvalue weighted by molar-refractivity contribution is 7.21. The minimum absolute atomic E-state index is 0.0680. The average Bonchev–Trinajstić information content (AvgIpc) is 3.30. The summed E-state index contributed by atoms with van der Waals surface area (Å²) in [6, 6.07) is 17.8. The molecule has 0 bridgehead atoms. The molecule has 1 aliphatic rings. The summed E-state index contributed by atoms with van der Waals surface area (Å²) in [7, 11) is 0. The van der Waals surface area contributed by atoms with Gasteiger partial charge in [0, 0.05) is 30.3 Å². The van der Waals surface area contributed by atoms with Crippen LogP contribution in [0.25, 0.3) is 20.8 Å². The highest BCUT2D eigenvalue weighted by atomic mass is 35.5. The zero-order chi connectivity index (χ0) is 24.5. The van der Waals surface area contributed by atoms with E-state index in [-0.39, 0.29) is 11.3 Å². The Bertz CT molecular complexity index is 1400. The number of nitro groups is 1. The molecule has 2 heterocycles. The number of para-hydroxylation sites is 1. The summed E-state index contributed by atoms with van der Waals surface area (Å²) in [6.45, 7) is 3.72. The second-order valence-electron chi connectivity index (χ2n) is 8.77. The summed E-state index contributed by atoms with van der Waals surface area (Å²) in [5.74, 6) is 0.147. The van der Waals surface area contributed by atoms with Crippen LogP contribution in [0.2, 0.25) is 5.02 Å². The third kappa shape index (κ3) is 4.85. The number of carbonyl (C=O) groups excluding carboxylic acids is 1. The molecule has 1 fully saturated rings. The fourth-order valence-electron chi connectivity index (χ4n) is 4.27. The Balaban J connectivity index is 1.40. The van der Waals surface area contributed by atoms with Gasteiger partial charge < -0.3 is 10.2 Å². The molecule has 0 aliphatic carbocycles. The van der Waals surface area contributed by atoms with E-state index in [1.807, 2.05) is 35.2 Å². The number of piperidine rings is 1. The Morgan fingerprint density at radius 3 is 2.66 bits per heavy atom. The predicted octanol–water partition coefficient (Wildman–Crippen LogP) is 7.01. The van der Waals surface area contributed by atoms with Crippen molar-refractivity contribution in [3.05, 3.63) is 81.4 Å². The van der Waals surface area contributed by atoms with Crippen molar-refractivity contribution >= 4 is 56.1 Å². The number of thiazole rings is 1. The van der Waals surface area contributed by atoms with Crippen LogP contribution in [0.4, 0.5) is 17.1 Å². The molecule has 1 aromatic heterocycles. The SMILES string of the molecule is CC1CCN(c2ccc(C(=O)Nc3cc(-c4nc5ccccc5s4)ccc3Cl)cc2[N+](=O)[O-])CC1. The number of halogens is 1. The van der Waals surface area contributed by atoms with Crippen molar-refractivity contribution in [3.63, 3.8) is 0 Å². The summed E-state index contributed by atoms with van der Waals surface area (Å²) in [5, 5.41) is 15.8. The first kappa shape index (κ1) is 23.3. The van der Waals surface area contributed by atoms with Crippen LogP contribution < -0.4 is 10.2 Å². The predicted molar refractivity (Wildman–Crippen MR) is 142 cm³/mol. The number of nitrogens with one attached hydrogen (secondary N) is 1. The van der Waals surface area contributed by atoms with Gasteiger partial charge in [0.25, 0.3) is 11.6 Å². The minimum Gasteiger partial charge on any atom is -0.366 e. The molecule has 3 aromatic carbocycles. The molecule has 5 rings (SSSR count). The minimum atomic E-state index is -0.463. The lowest BCUT2D eigenvalue weighted by Gasteiger charge is -2.31. The van der Waals surface area contributed by atoms with Crippen molar-refractivity contribution in [2.45, 2.75) is 19.8 Å². The average molecular weight is 507 g/mol. The van der Waals surface area contributed by atoms with Crippen LogP contribution in [-0.2, 0) is 0 Å². The van der Waals surface area contributed by atoms with E-state index in [9.17, 15) is 14.9 Å². The van der Waals surface area contributed by atoms with E-state index in [0.717, 1.165) is 46.7 Å². The van der Waals surface area contributed by atoms with Gasteiger partial charge in [0.15, 0.2) is 0 Å². The Hall–Kier alpha value is -3.49. The first-order valence-corrected chi connectivity index (χ1v) is 12.6. The maximum atomic E-state index is 13.0. The molecule has 0 unspecified atom stereocenters. The molecule has 0 spiro atoms. The normalized spacial score (nSPS) is 14.3. The smallest absolute Gasteiger partial charge is 0.293 e. The number of nitro benzene ring substituents is 1. The van der Waals surface area contributed by atoms with Crippen LogP contribution in [0.15, 0.2) is 60.7 Å². The third-order valence-electron chi connectivity index (χ3n) is 6.31. The number of amides is 1. The van der Waals surface area contributed by atoms with Crippen molar-refractivity contribution in [3.8, 4) is 10.6 Å². The lowest BCUT2D eigenvalue weighted by atomic mass is 9.98. The summed E-state index contributed by atoms with van der Waals surface area (Å²) in [6.07, 6.45) is 1.98. The van der Waals surface area contributed by atoms with E-state index in [4.69, 9.17) is 11.6 Å². The number of hydrogen-bond donors (Lipinski definition) is 1. The monoisotopic (exact) mass is 506 g/mol. The van der Waals surface area contributed by atoms with E-state index in [0.29, 0.717) is 22.3 Å². The molecule has 35 heavy (non-hydrogen) atoms. The largest absolute Gasteiger partial charge is 0.366 e. The van der Waals surface area contributed by atoms with Crippen molar-refractivity contribution in [1.82, 2.24) is 4.98 Å². The Morgan fingerprint density at radius 1 is 1.14 bits per heavy atom. The van der Waals surface area contributed by atoms with E-state index in [1.165, 1.54) is 6.07 Å². The molecule has 0 atom stereocenters. The van der Waals surface area contributed by atoms with Gasteiger partial charge in [-0.25, -0.2) is 4.98 Å². The summed E-state index contributed by atoms with van der Waals surface area (Å²) in [4.78, 5) is 31.1. The van der Waals surface area contributed by atoms with E-state index in [2.05, 4.69) is 17.2 Å². The van der Waals surface area contributed by atoms with Crippen LogP contribution in [-0.4, -0.2) is 28.9 Å². The van der Waals surface area contributed by atoms with Crippen LogP contribution in [0.3, 0.4) is 0 Å². The number of fused-ring (bicyclic) bond motifs is 1. The fraction of sp³-hybridized carbons (Fsp3) is 0.231. The lowest BCUT2D eigenvalue weighted by Crippen LogP contribution is -2.33. The number of hydrogen-bond acceptors (Lipinski definition) is 6. The third-order valence-corrected chi connectivity index (χ3v) is 7.73. The lowest BCUT2D eigenvalue weighted by molar-refractivity contribution is -0.384. The molecule has 1 amide bonds. The molecule has 178 valence electrons. The zero-order valence-corrected chi connectivity index (χ0v) is 20.6. The molecule has 1 N–H and O–H groups in total. The zero-order valence-electron chi connectivity index (χ0n) is 19.0. The highest BCUT2D eigenvalue weighted by Gasteiger charge is 2.25. The number of aromatic nitrogens is 1. The second-order valence-corrected chi connectivity index (χ2v) is 10.2. The molecule has 9 heteroatoms. The molecule has 1 aliphatic heterocycles. The van der Waals surface area contributed by atoms with E-state index in [1.54, 1.807) is 35.6 Å². The van der Waals surface area contributed by atoms with Gasteiger partial charge in [0.05, 0.1) is 25.8 Å². The maximum Gasteiger partial charge on any atom is 0.293 e. The molecular formula is C26H23ClN4O3S. The number of benzene rings is 3. The Labute approximate surface area is 211 Å². The number of carbonyl (C=O) groups is 1. The Morgan fingerprint density at radius 2 is 1.91 bits per heavy atom.